The number of fused-ring (bicyclic) bond motifs is 1. The van der Waals surface area contributed by atoms with Crippen molar-refractivity contribution in [1.82, 2.24) is 9.97 Å². The molecule has 0 radical (unpaired) electrons. The average Bonchev–Trinajstić information content (AvgIpc) is 2.29. The predicted octanol–water partition coefficient (Wildman–Crippen LogP) is 2.81. The zero-order valence-electron chi connectivity index (χ0n) is 10.3. The van der Waals surface area contributed by atoms with Crippen LogP contribution in [0.4, 0.5) is 5.82 Å². The molecule has 0 amide bonds. The summed E-state index contributed by atoms with van der Waals surface area (Å²) in [5.74, 6) is 1.82. The van der Waals surface area contributed by atoms with Crippen molar-refractivity contribution >= 4 is 5.82 Å². The summed E-state index contributed by atoms with van der Waals surface area (Å²) in [6.07, 6.45) is 7.70. The van der Waals surface area contributed by atoms with Crippen molar-refractivity contribution in [3.63, 3.8) is 0 Å². The van der Waals surface area contributed by atoms with Crippen LogP contribution in [-0.2, 0) is 12.8 Å². The molecule has 1 aliphatic carbocycles. The van der Waals surface area contributed by atoms with Crippen molar-refractivity contribution in [1.29, 1.82) is 0 Å². The van der Waals surface area contributed by atoms with Crippen molar-refractivity contribution in [3.8, 4) is 0 Å². The quantitative estimate of drug-likeness (QED) is 0.846. The van der Waals surface area contributed by atoms with E-state index >= 15 is 0 Å². The molecule has 0 unspecified atom stereocenters. The lowest BCUT2D eigenvalue weighted by Crippen LogP contribution is -2.13. The predicted molar refractivity (Wildman–Crippen MR) is 66.6 cm³/mol. The minimum Gasteiger partial charge on any atom is -0.370 e. The van der Waals surface area contributed by atoms with E-state index in [0.717, 1.165) is 31.1 Å². The second-order valence-corrected chi connectivity index (χ2v) is 4.96. The molecule has 3 nitrogen and oxygen atoms in total. The highest BCUT2D eigenvalue weighted by Gasteiger charge is 2.14. The van der Waals surface area contributed by atoms with E-state index in [0.29, 0.717) is 0 Å². The molecule has 0 spiro atoms. The topological polar surface area (TPSA) is 37.8 Å². The number of nitrogens with one attached hydrogen (secondary N) is 1. The minimum atomic E-state index is 0.741. The van der Waals surface area contributed by atoms with Gasteiger partial charge in [-0.2, -0.15) is 0 Å². The van der Waals surface area contributed by atoms with Crippen LogP contribution in [0.2, 0.25) is 0 Å². The van der Waals surface area contributed by atoms with Crippen LogP contribution in [0, 0.1) is 5.92 Å². The maximum Gasteiger partial charge on any atom is 0.132 e. The van der Waals surface area contributed by atoms with E-state index in [-0.39, 0.29) is 0 Å². The number of anilines is 1. The Hall–Kier alpha value is -1.12. The first-order chi connectivity index (χ1) is 7.77. The Labute approximate surface area is 97.7 Å². The molecule has 2 rings (SSSR count). The van der Waals surface area contributed by atoms with Crippen molar-refractivity contribution < 1.29 is 0 Å². The maximum absolute atomic E-state index is 4.37. The molecule has 0 saturated heterocycles. The van der Waals surface area contributed by atoms with Crippen molar-refractivity contribution in [2.45, 2.75) is 46.0 Å². The zero-order valence-corrected chi connectivity index (χ0v) is 10.3. The highest BCUT2D eigenvalue weighted by atomic mass is 15.0. The third kappa shape index (κ3) is 2.71. The molecule has 0 atom stereocenters. The fraction of sp³-hybridized carbons (Fsp3) is 0.692. The van der Waals surface area contributed by atoms with Gasteiger partial charge in [-0.15, -0.1) is 0 Å². The van der Waals surface area contributed by atoms with E-state index in [4.69, 9.17) is 0 Å². The highest BCUT2D eigenvalue weighted by molar-refractivity contribution is 5.46. The SMILES string of the molecule is CC(C)CCNc1ncnc2c1CCCC2. The Kier molecular flexibility index (Phi) is 3.75. The molecule has 0 aromatic carbocycles. The molecule has 1 aromatic heterocycles. The van der Waals surface area contributed by atoms with E-state index in [1.807, 2.05) is 0 Å². The third-order valence-electron chi connectivity index (χ3n) is 3.14. The minimum absolute atomic E-state index is 0.741. The summed E-state index contributed by atoms with van der Waals surface area (Å²) >= 11 is 0. The summed E-state index contributed by atoms with van der Waals surface area (Å²) < 4.78 is 0. The molecular weight excluding hydrogens is 198 g/mol. The molecule has 1 N–H and O–H groups in total. The monoisotopic (exact) mass is 219 g/mol. The van der Waals surface area contributed by atoms with Crippen molar-refractivity contribution in [2.24, 2.45) is 5.92 Å². The van der Waals surface area contributed by atoms with Crippen molar-refractivity contribution in [3.05, 3.63) is 17.6 Å². The van der Waals surface area contributed by atoms with Gasteiger partial charge in [0.1, 0.15) is 12.1 Å². The second-order valence-electron chi connectivity index (χ2n) is 4.96. The second kappa shape index (κ2) is 5.28. The van der Waals surface area contributed by atoms with E-state index in [1.165, 1.54) is 30.5 Å². The number of aryl methyl sites for hydroxylation is 1. The van der Waals surface area contributed by atoms with Gasteiger partial charge in [0.15, 0.2) is 0 Å². The van der Waals surface area contributed by atoms with Crippen LogP contribution < -0.4 is 5.32 Å². The van der Waals surface area contributed by atoms with Gasteiger partial charge >= 0.3 is 0 Å². The molecule has 3 heteroatoms. The Morgan fingerprint density at radius 3 is 2.88 bits per heavy atom. The molecule has 0 saturated carbocycles. The molecule has 0 aliphatic heterocycles. The van der Waals surface area contributed by atoms with Crippen LogP contribution in [0.3, 0.4) is 0 Å². The summed E-state index contributed by atoms with van der Waals surface area (Å²) in [5, 5.41) is 3.45. The standard InChI is InChI=1S/C13H21N3/c1-10(2)7-8-14-13-11-5-3-4-6-12(11)15-9-16-13/h9-10H,3-8H2,1-2H3,(H,14,15,16). The normalized spacial score (nSPS) is 14.9. The van der Waals surface area contributed by atoms with Crippen LogP contribution in [-0.4, -0.2) is 16.5 Å². The number of hydrogen-bond donors (Lipinski definition) is 1. The van der Waals surface area contributed by atoms with Gasteiger partial charge in [0.25, 0.3) is 0 Å². The average molecular weight is 219 g/mol. The van der Waals surface area contributed by atoms with Gasteiger partial charge in [-0.25, -0.2) is 9.97 Å². The van der Waals surface area contributed by atoms with E-state index in [2.05, 4.69) is 29.1 Å². The lowest BCUT2D eigenvalue weighted by Gasteiger charge is -2.18. The fourth-order valence-electron chi connectivity index (χ4n) is 2.15. The van der Waals surface area contributed by atoms with Gasteiger partial charge in [-0.3, -0.25) is 0 Å². The maximum atomic E-state index is 4.37. The summed E-state index contributed by atoms with van der Waals surface area (Å²) in [4.78, 5) is 8.74. The molecule has 0 bridgehead atoms. The Morgan fingerprint density at radius 1 is 1.25 bits per heavy atom. The summed E-state index contributed by atoms with van der Waals surface area (Å²) in [6, 6.07) is 0. The Morgan fingerprint density at radius 2 is 2.06 bits per heavy atom. The molecule has 1 aromatic rings. The molecule has 16 heavy (non-hydrogen) atoms. The van der Waals surface area contributed by atoms with Gasteiger partial charge in [0.05, 0.1) is 0 Å². The molecule has 1 aliphatic rings. The molecule has 0 fully saturated rings. The number of aromatic nitrogens is 2. The van der Waals surface area contributed by atoms with Gasteiger partial charge in [0.2, 0.25) is 0 Å². The summed E-state index contributed by atoms with van der Waals surface area (Å²) in [5.41, 5.74) is 2.62. The Bertz CT molecular complexity index is 347. The first kappa shape index (κ1) is 11.4. The molecule has 1 heterocycles. The third-order valence-corrected chi connectivity index (χ3v) is 3.14. The zero-order chi connectivity index (χ0) is 11.4. The van der Waals surface area contributed by atoms with Crippen molar-refractivity contribution in [2.75, 3.05) is 11.9 Å². The molecular formula is C13H21N3. The number of rotatable bonds is 4. The largest absolute Gasteiger partial charge is 0.370 e. The van der Waals surface area contributed by atoms with Crippen LogP contribution in [0.5, 0.6) is 0 Å². The van der Waals surface area contributed by atoms with E-state index in [1.54, 1.807) is 6.33 Å². The fourth-order valence-corrected chi connectivity index (χ4v) is 2.15. The van der Waals surface area contributed by atoms with Gasteiger partial charge in [-0.1, -0.05) is 13.8 Å². The smallest absolute Gasteiger partial charge is 0.132 e. The van der Waals surface area contributed by atoms with Gasteiger partial charge in [-0.05, 0) is 38.0 Å². The first-order valence-corrected chi connectivity index (χ1v) is 6.34. The number of nitrogens with zero attached hydrogens (tertiary/aromatic N) is 2. The van der Waals surface area contributed by atoms with Gasteiger partial charge in [0, 0.05) is 17.8 Å². The number of hydrogen-bond acceptors (Lipinski definition) is 3. The van der Waals surface area contributed by atoms with Crippen LogP contribution in [0.15, 0.2) is 6.33 Å². The van der Waals surface area contributed by atoms with E-state index in [9.17, 15) is 0 Å². The van der Waals surface area contributed by atoms with Crippen LogP contribution in [0.25, 0.3) is 0 Å². The van der Waals surface area contributed by atoms with Crippen LogP contribution >= 0.6 is 0 Å². The lowest BCUT2D eigenvalue weighted by atomic mass is 9.96. The highest BCUT2D eigenvalue weighted by Crippen LogP contribution is 2.24. The molecule has 88 valence electrons. The van der Waals surface area contributed by atoms with Gasteiger partial charge < -0.3 is 5.32 Å². The summed E-state index contributed by atoms with van der Waals surface area (Å²) in [7, 11) is 0. The van der Waals surface area contributed by atoms with E-state index < -0.39 is 0 Å². The Balaban J connectivity index is 2.03. The lowest BCUT2D eigenvalue weighted by molar-refractivity contribution is 0.604. The first-order valence-electron chi connectivity index (χ1n) is 6.34. The summed E-state index contributed by atoms with van der Waals surface area (Å²) in [6.45, 7) is 5.51. The van der Waals surface area contributed by atoms with Crippen LogP contribution in [0.1, 0.15) is 44.4 Å².